The number of hydrogen-bond acceptors (Lipinski definition) is 4. The van der Waals surface area contributed by atoms with E-state index in [-0.39, 0.29) is 24.3 Å². The molecular weight excluding hydrogens is 398 g/mol. The second kappa shape index (κ2) is 9.34. The number of carbonyl (C=O) groups excluding carboxylic acids is 3. The van der Waals surface area contributed by atoms with Crippen LogP contribution in [0.1, 0.15) is 18.4 Å². The van der Waals surface area contributed by atoms with Crippen molar-refractivity contribution in [1.82, 2.24) is 10.2 Å². The van der Waals surface area contributed by atoms with Crippen molar-refractivity contribution in [2.45, 2.75) is 29.4 Å². The van der Waals surface area contributed by atoms with Crippen LogP contribution in [0.3, 0.4) is 0 Å². The Labute approximate surface area is 180 Å². The summed E-state index contributed by atoms with van der Waals surface area (Å²) in [5.74, 6) is -0.686. The van der Waals surface area contributed by atoms with Crippen LogP contribution < -0.4 is 10.2 Å². The fourth-order valence-electron chi connectivity index (χ4n) is 3.83. The van der Waals surface area contributed by atoms with Gasteiger partial charge in [0.15, 0.2) is 5.25 Å². The third-order valence-corrected chi connectivity index (χ3v) is 6.65. The lowest BCUT2D eigenvalue weighted by Crippen LogP contribution is -2.51. The minimum absolute atomic E-state index is 0.0883. The summed E-state index contributed by atoms with van der Waals surface area (Å²) in [6, 6.07) is 17.4. The van der Waals surface area contributed by atoms with Crippen molar-refractivity contribution >= 4 is 35.2 Å². The average molecular weight is 424 g/mol. The van der Waals surface area contributed by atoms with E-state index in [4.69, 9.17) is 0 Å². The minimum atomic E-state index is -0.824. The molecule has 1 atom stereocenters. The Balaban J connectivity index is 1.44. The number of thioether (sulfide) groups is 1. The molecule has 0 spiro atoms. The van der Waals surface area contributed by atoms with Crippen LogP contribution in [0.5, 0.6) is 0 Å². The molecular formula is C23H25N3O3S. The van der Waals surface area contributed by atoms with Crippen molar-refractivity contribution in [2.24, 2.45) is 0 Å². The molecule has 156 valence electrons. The van der Waals surface area contributed by atoms with Crippen LogP contribution >= 0.6 is 11.8 Å². The Bertz CT molecular complexity index is 928. The Morgan fingerprint density at radius 2 is 1.70 bits per heavy atom. The Morgan fingerprint density at radius 1 is 1.00 bits per heavy atom. The highest BCUT2D eigenvalue weighted by molar-refractivity contribution is 8.01. The molecule has 0 bridgehead atoms. The van der Waals surface area contributed by atoms with Gasteiger partial charge in [-0.2, -0.15) is 0 Å². The highest BCUT2D eigenvalue weighted by Crippen LogP contribution is 2.39. The maximum atomic E-state index is 13.2. The van der Waals surface area contributed by atoms with Gasteiger partial charge in [0.1, 0.15) is 6.54 Å². The molecule has 0 saturated carbocycles. The van der Waals surface area contributed by atoms with Crippen molar-refractivity contribution in [1.29, 1.82) is 0 Å². The van der Waals surface area contributed by atoms with Crippen molar-refractivity contribution in [3.8, 4) is 0 Å². The molecule has 0 aliphatic carbocycles. The molecule has 4 rings (SSSR count). The fraction of sp³-hybridized carbons (Fsp3) is 0.348. The van der Waals surface area contributed by atoms with Crippen molar-refractivity contribution in [2.75, 3.05) is 31.1 Å². The third kappa shape index (κ3) is 4.51. The Hall–Kier alpha value is -2.80. The lowest BCUT2D eigenvalue weighted by Gasteiger charge is -2.34. The average Bonchev–Trinajstić information content (AvgIpc) is 3.31. The van der Waals surface area contributed by atoms with Crippen molar-refractivity contribution in [3.05, 3.63) is 60.2 Å². The van der Waals surface area contributed by atoms with Gasteiger partial charge in [0.2, 0.25) is 11.8 Å². The van der Waals surface area contributed by atoms with Gasteiger partial charge in [-0.3, -0.25) is 14.4 Å². The molecule has 2 heterocycles. The fourth-order valence-corrected chi connectivity index (χ4v) is 5.02. The molecule has 1 unspecified atom stereocenters. The molecule has 0 radical (unpaired) electrons. The van der Waals surface area contributed by atoms with E-state index in [2.05, 4.69) is 5.32 Å². The molecule has 2 aromatic carbocycles. The van der Waals surface area contributed by atoms with E-state index >= 15 is 0 Å². The first-order valence-corrected chi connectivity index (χ1v) is 11.2. The monoisotopic (exact) mass is 423 g/mol. The number of rotatable bonds is 6. The van der Waals surface area contributed by atoms with Gasteiger partial charge in [-0.25, -0.2) is 0 Å². The highest BCUT2D eigenvalue weighted by atomic mass is 32.2. The lowest BCUT2D eigenvalue weighted by molar-refractivity contribution is -0.134. The van der Waals surface area contributed by atoms with Crippen LogP contribution in [0.25, 0.3) is 0 Å². The summed E-state index contributed by atoms with van der Waals surface area (Å²) in [5.41, 5.74) is 1.83. The SMILES string of the molecule is O=C(CN1C(=O)C(C(=O)N2CCCC2)Sc2ccccc21)NCCc1ccccc1. The number of nitrogens with one attached hydrogen (secondary N) is 1. The summed E-state index contributed by atoms with van der Waals surface area (Å²) in [6.45, 7) is 1.81. The second-order valence-corrected chi connectivity index (χ2v) is 8.65. The van der Waals surface area contributed by atoms with Gasteiger partial charge in [-0.05, 0) is 37.0 Å². The number of hydrogen-bond donors (Lipinski definition) is 1. The first-order valence-electron chi connectivity index (χ1n) is 10.3. The molecule has 0 aromatic heterocycles. The van der Waals surface area contributed by atoms with Gasteiger partial charge in [0, 0.05) is 24.5 Å². The number of likely N-dealkylation sites (tertiary alicyclic amines) is 1. The number of carbonyl (C=O) groups is 3. The predicted molar refractivity (Wildman–Crippen MR) is 117 cm³/mol. The molecule has 1 N–H and O–H groups in total. The summed E-state index contributed by atoms with van der Waals surface area (Å²) in [6.07, 6.45) is 2.67. The highest BCUT2D eigenvalue weighted by Gasteiger charge is 2.41. The zero-order valence-electron chi connectivity index (χ0n) is 16.8. The van der Waals surface area contributed by atoms with Gasteiger partial charge in [-0.15, -0.1) is 11.8 Å². The summed E-state index contributed by atoms with van der Waals surface area (Å²) in [7, 11) is 0. The van der Waals surface area contributed by atoms with E-state index in [0.29, 0.717) is 25.3 Å². The van der Waals surface area contributed by atoms with E-state index in [1.54, 1.807) is 4.90 Å². The summed E-state index contributed by atoms with van der Waals surface area (Å²) >= 11 is 1.29. The smallest absolute Gasteiger partial charge is 0.250 e. The van der Waals surface area contributed by atoms with E-state index in [9.17, 15) is 14.4 Å². The van der Waals surface area contributed by atoms with Gasteiger partial charge < -0.3 is 15.1 Å². The van der Waals surface area contributed by atoms with Crippen LogP contribution in [-0.2, 0) is 20.8 Å². The van der Waals surface area contributed by atoms with Gasteiger partial charge in [-0.1, -0.05) is 42.5 Å². The third-order valence-electron chi connectivity index (χ3n) is 5.41. The number of nitrogens with zero attached hydrogens (tertiary/aromatic N) is 2. The topological polar surface area (TPSA) is 69.7 Å². The van der Waals surface area contributed by atoms with Crippen molar-refractivity contribution < 1.29 is 14.4 Å². The predicted octanol–water partition coefficient (Wildman–Crippen LogP) is 2.48. The number of para-hydroxylation sites is 1. The van der Waals surface area contributed by atoms with Crippen molar-refractivity contribution in [3.63, 3.8) is 0 Å². The number of benzene rings is 2. The summed E-state index contributed by atoms with van der Waals surface area (Å²) in [4.78, 5) is 42.8. The van der Waals surface area contributed by atoms with Gasteiger partial charge >= 0.3 is 0 Å². The first-order chi connectivity index (χ1) is 14.6. The maximum Gasteiger partial charge on any atom is 0.250 e. The van der Waals surface area contributed by atoms with Crippen LogP contribution in [0.2, 0.25) is 0 Å². The zero-order valence-corrected chi connectivity index (χ0v) is 17.6. The second-order valence-electron chi connectivity index (χ2n) is 7.51. The Kier molecular flexibility index (Phi) is 6.38. The van der Waals surface area contributed by atoms with Crippen LogP contribution in [0.4, 0.5) is 5.69 Å². The largest absolute Gasteiger partial charge is 0.354 e. The normalized spacial score (nSPS) is 18.3. The minimum Gasteiger partial charge on any atom is -0.354 e. The standard InChI is InChI=1S/C23H25N3O3S/c27-20(24-13-12-17-8-2-1-3-9-17)16-26-18-10-4-5-11-19(18)30-21(23(26)29)22(28)25-14-6-7-15-25/h1-5,8-11,21H,6-7,12-16H2,(H,24,27). The zero-order chi connectivity index (χ0) is 20.9. The molecule has 30 heavy (non-hydrogen) atoms. The molecule has 3 amide bonds. The molecule has 7 heteroatoms. The molecule has 2 aliphatic heterocycles. The summed E-state index contributed by atoms with van der Waals surface area (Å²) < 4.78 is 0. The van der Waals surface area contributed by atoms with Crippen LogP contribution in [0.15, 0.2) is 59.5 Å². The van der Waals surface area contributed by atoms with Crippen LogP contribution in [0, 0.1) is 0 Å². The molecule has 1 fully saturated rings. The summed E-state index contributed by atoms with van der Waals surface area (Å²) in [5, 5.41) is 2.07. The molecule has 1 saturated heterocycles. The molecule has 6 nitrogen and oxygen atoms in total. The first kappa shape index (κ1) is 20.5. The molecule has 2 aromatic rings. The molecule has 2 aliphatic rings. The van der Waals surface area contributed by atoms with E-state index in [1.165, 1.54) is 16.7 Å². The van der Waals surface area contributed by atoms with Crippen LogP contribution in [-0.4, -0.2) is 54.1 Å². The maximum absolute atomic E-state index is 13.2. The number of anilines is 1. The lowest BCUT2D eigenvalue weighted by atomic mass is 10.1. The van der Waals surface area contributed by atoms with E-state index in [1.807, 2.05) is 54.6 Å². The van der Waals surface area contributed by atoms with Gasteiger partial charge in [0.05, 0.1) is 5.69 Å². The van der Waals surface area contributed by atoms with E-state index in [0.717, 1.165) is 29.7 Å². The number of fused-ring (bicyclic) bond motifs is 1. The van der Waals surface area contributed by atoms with Gasteiger partial charge in [0.25, 0.3) is 5.91 Å². The van der Waals surface area contributed by atoms with E-state index < -0.39 is 5.25 Å². The Morgan fingerprint density at radius 3 is 2.47 bits per heavy atom. The number of amides is 3. The quantitative estimate of drug-likeness (QED) is 0.725.